The molecule has 94 valence electrons. The van der Waals surface area contributed by atoms with Crippen LogP contribution in [0, 0.1) is 5.92 Å². The van der Waals surface area contributed by atoms with E-state index in [2.05, 4.69) is 29.8 Å². The first-order valence-electron chi connectivity index (χ1n) is 5.69. The normalized spacial score (nSPS) is 28.9. The van der Waals surface area contributed by atoms with Crippen molar-refractivity contribution in [2.24, 2.45) is 5.92 Å². The summed E-state index contributed by atoms with van der Waals surface area (Å²) in [5.74, 6) is 0.365. The summed E-state index contributed by atoms with van der Waals surface area (Å²) in [5.41, 5.74) is 0.746. The van der Waals surface area contributed by atoms with Crippen LogP contribution in [-0.2, 0) is 10.3 Å². The maximum atomic E-state index is 6.31. The standard InChI is InChI=1S/C13H15BrCl2O/c1-8(2)13(6-9(14)7-17-13)11-4-3-10(15)5-12(11)16/h3-5,8-9H,6-7H2,1-2H3. The van der Waals surface area contributed by atoms with Crippen molar-refractivity contribution in [2.45, 2.75) is 30.7 Å². The predicted octanol–water partition coefficient (Wildman–Crippen LogP) is 5.03. The van der Waals surface area contributed by atoms with Gasteiger partial charge in [0.2, 0.25) is 0 Å². The van der Waals surface area contributed by atoms with Gasteiger partial charge < -0.3 is 4.74 Å². The molecule has 17 heavy (non-hydrogen) atoms. The van der Waals surface area contributed by atoms with Gasteiger partial charge in [0.05, 0.1) is 12.2 Å². The zero-order chi connectivity index (χ0) is 12.6. The van der Waals surface area contributed by atoms with E-state index in [4.69, 9.17) is 27.9 Å². The van der Waals surface area contributed by atoms with Gasteiger partial charge in [-0.15, -0.1) is 0 Å². The Morgan fingerprint density at radius 2 is 2.12 bits per heavy atom. The second kappa shape index (κ2) is 5.08. The molecule has 1 aliphatic heterocycles. The molecule has 0 bridgehead atoms. The van der Waals surface area contributed by atoms with Crippen molar-refractivity contribution in [3.05, 3.63) is 33.8 Å². The van der Waals surface area contributed by atoms with Gasteiger partial charge in [0.1, 0.15) is 0 Å². The Hall–Kier alpha value is 0.240. The fourth-order valence-electron chi connectivity index (χ4n) is 2.42. The van der Waals surface area contributed by atoms with Crippen molar-refractivity contribution in [2.75, 3.05) is 6.61 Å². The van der Waals surface area contributed by atoms with Crippen LogP contribution in [0.2, 0.25) is 10.0 Å². The van der Waals surface area contributed by atoms with Crippen molar-refractivity contribution < 1.29 is 4.74 Å². The van der Waals surface area contributed by atoms with Crippen LogP contribution < -0.4 is 0 Å². The molecule has 2 rings (SSSR count). The molecule has 1 aromatic rings. The topological polar surface area (TPSA) is 9.23 Å². The Balaban J connectivity index is 2.47. The minimum Gasteiger partial charge on any atom is -0.369 e. The lowest BCUT2D eigenvalue weighted by atomic mass is 9.81. The molecule has 0 spiro atoms. The first-order valence-corrected chi connectivity index (χ1v) is 7.36. The third-order valence-corrected chi connectivity index (χ3v) is 4.50. The molecule has 1 aliphatic rings. The largest absolute Gasteiger partial charge is 0.369 e. The average Bonchev–Trinajstić information content (AvgIpc) is 2.61. The van der Waals surface area contributed by atoms with Gasteiger partial charge in [0.15, 0.2) is 0 Å². The van der Waals surface area contributed by atoms with Gasteiger partial charge in [-0.2, -0.15) is 0 Å². The average molecular weight is 338 g/mol. The Morgan fingerprint density at radius 3 is 2.59 bits per heavy atom. The highest BCUT2D eigenvalue weighted by atomic mass is 79.9. The number of ether oxygens (including phenoxy) is 1. The van der Waals surface area contributed by atoms with Gasteiger partial charge in [-0.25, -0.2) is 0 Å². The molecule has 0 aliphatic carbocycles. The molecule has 1 nitrogen and oxygen atoms in total. The van der Waals surface area contributed by atoms with Crippen LogP contribution in [0.4, 0.5) is 0 Å². The lowest BCUT2D eigenvalue weighted by molar-refractivity contribution is -0.0380. The number of benzene rings is 1. The fraction of sp³-hybridized carbons (Fsp3) is 0.538. The second-order valence-corrected chi connectivity index (χ2v) is 6.92. The summed E-state index contributed by atoms with van der Waals surface area (Å²) >= 11 is 15.9. The molecular weight excluding hydrogens is 323 g/mol. The van der Waals surface area contributed by atoms with E-state index < -0.39 is 0 Å². The molecule has 2 atom stereocenters. The highest BCUT2D eigenvalue weighted by Gasteiger charge is 2.44. The Kier molecular flexibility index (Phi) is 4.09. The van der Waals surface area contributed by atoms with Crippen LogP contribution in [0.1, 0.15) is 25.8 Å². The highest BCUT2D eigenvalue weighted by molar-refractivity contribution is 9.09. The maximum Gasteiger partial charge on any atom is 0.0980 e. The van der Waals surface area contributed by atoms with Gasteiger partial charge in [0, 0.05) is 20.4 Å². The van der Waals surface area contributed by atoms with Crippen LogP contribution in [0.15, 0.2) is 18.2 Å². The molecule has 2 unspecified atom stereocenters. The zero-order valence-electron chi connectivity index (χ0n) is 9.84. The van der Waals surface area contributed by atoms with E-state index >= 15 is 0 Å². The molecule has 0 N–H and O–H groups in total. The molecule has 1 aromatic carbocycles. The number of rotatable bonds is 2. The van der Waals surface area contributed by atoms with E-state index in [0.717, 1.165) is 18.6 Å². The van der Waals surface area contributed by atoms with E-state index in [9.17, 15) is 0 Å². The molecule has 1 saturated heterocycles. The third-order valence-electron chi connectivity index (χ3n) is 3.37. The molecule has 1 heterocycles. The van der Waals surface area contributed by atoms with Crippen molar-refractivity contribution in [3.63, 3.8) is 0 Å². The summed E-state index contributed by atoms with van der Waals surface area (Å²) in [6.45, 7) is 5.04. The summed E-state index contributed by atoms with van der Waals surface area (Å²) in [7, 11) is 0. The quantitative estimate of drug-likeness (QED) is 0.688. The molecule has 0 amide bonds. The lowest BCUT2D eigenvalue weighted by Gasteiger charge is -2.34. The van der Waals surface area contributed by atoms with E-state index in [1.807, 2.05) is 12.1 Å². The van der Waals surface area contributed by atoms with Crippen molar-refractivity contribution in [3.8, 4) is 0 Å². The fourth-order valence-corrected chi connectivity index (χ4v) is 3.60. The van der Waals surface area contributed by atoms with Gasteiger partial charge in [0.25, 0.3) is 0 Å². The van der Waals surface area contributed by atoms with Crippen LogP contribution in [-0.4, -0.2) is 11.4 Å². The highest BCUT2D eigenvalue weighted by Crippen LogP contribution is 2.47. The van der Waals surface area contributed by atoms with Gasteiger partial charge in [-0.1, -0.05) is 59.0 Å². The summed E-state index contributed by atoms with van der Waals surface area (Å²) in [6.07, 6.45) is 0.937. The van der Waals surface area contributed by atoms with Gasteiger partial charge in [-0.3, -0.25) is 0 Å². The Morgan fingerprint density at radius 1 is 1.41 bits per heavy atom. The van der Waals surface area contributed by atoms with Gasteiger partial charge in [-0.05, 0) is 24.5 Å². The first-order chi connectivity index (χ1) is 7.95. The van der Waals surface area contributed by atoms with Crippen molar-refractivity contribution >= 4 is 39.1 Å². The number of alkyl halides is 1. The summed E-state index contributed by atoms with van der Waals surface area (Å²) in [4.78, 5) is 0.386. The first kappa shape index (κ1) is 13.7. The second-order valence-electron chi connectivity index (χ2n) is 4.78. The smallest absolute Gasteiger partial charge is 0.0980 e. The minimum absolute atomic E-state index is 0.296. The molecule has 0 radical (unpaired) electrons. The van der Waals surface area contributed by atoms with Crippen LogP contribution in [0.5, 0.6) is 0 Å². The Bertz CT molecular complexity index is 422. The number of hydrogen-bond donors (Lipinski definition) is 0. The van der Waals surface area contributed by atoms with Crippen LogP contribution in [0.3, 0.4) is 0 Å². The lowest BCUT2D eigenvalue weighted by Crippen LogP contribution is -2.32. The molecule has 0 aromatic heterocycles. The summed E-state index contributed by atoms with van der Waals surface area (Å²) in [6, 6.07) is 5.64. The number of halogens is 3. The molecule has 1 fully saturated rings. The third kappa shape index (κ3) is 2.51. The van der Waals surface area contributed by atoms with Crippen molar-refractivity contribution in [1.29, 1.82) is 0 Å². The summed E-state index contributed by atoms with van der Waals surface area (Å²) in [5, 5.41) is 1.35. The van der Waals surface area contributed by atoms with E-state index in [0.29, 0.717) is 20.8 Å². The SMILES string of the molecule is CC(C)C1(c2ccc(Cl)cc2Cl)CC(Br)CO1. The van der Waals surface area contributed by atoms with Crippen LogP contribution in [0.25, 0.3) is 0 Å². The van der Waals surface area contributed by atoms with E-state index in [1.165, 1.54) is 0 Å². The Labute approximate surface area is 121 Å². The molecule has 0 saturated carbocycles. The molecule has 4 heteroatoms. The zero-order valence-corrected chi connectivity index (χ0v) is 12.9. The van der Waals surface area contributed by atoms with E-state index in [1.54, 1.807) is 6.07 Å². The predicted molar refractivity (Wildman–Crippen MR) is 76.3 cm³/mol. The number of hydrogen-bond acceptors (Lipinski definition) is 1. The van der Waals surface area contributed by atoms with E-state index in [-0.39, 0.29) is 5.60 Å². The summed E-state index contributed by atoms with van der Waals surface area (Å²) < 4.78 is 6.05. The minimum atomic E-state index is -0.296. The molecular formula is C13H15BrCl2O. The maximum absolute atomic E-state index is 6.31. The van der Waals surface area contributed by atoms with Crippen LogP contribution >= 0.6 is 39.1 Å². The van der Waals surface area contributed by atoms with Crippen molar-refractivity contribution in [1.82, 2.24) is 0 Å². The van der Waals surface area contributed by atoms with Gasteiger partial charge >= 0.3 is 0 Å². The monoisotopic (exact) mass is 336 g/mol.